The number of aryl methyl sites for hydroxylation is 1. The van der Waals surface area contributed by atoms with Crippen LogP contribution in [0.2, 0.25) is 0 Å². The molecule has 1 aliphatic heterocycles. The maximum Gasteiger partial charge on any atom is 0.264 e. The molecule has 0 spiro atoms. The van der Waals surface area contributed by atoms with E-state index >= 15 is 0 Å². The molecule has 0 amide bonds. The van der Waals surface area contributed by atoms with E-state index in [4.69, 9.17) is 9.47 Å². The molecule has 1 heterocycles. The number of methoxy groups -OCH3 is 2. The highest BCUT2D eigenvalue weighted by Gasteiger charge is 2.34. The van der Waals surface area contributed by atoms with E-state index in [9.17, 15) is 13.2 Å². The van der Waals surface area contributed by atoms with Crippen LogP contribution in [-0.4, -0.2) is 35.0 Å². The van der Waals surface area contributed by atoms with Gasteiger partial charge in [-0.25, -0.2) is 8.42 Å². The van der Waals surface area contributed by atoms with Crippen LogP contribution in [0.3, 0.4) is 0 Å². The minimum absolute atomic E-state index is 0.114. The standard InChI is InChI=1S/C26H25NO5S/c1-18-9-11-21(12-10-18)33(29,30)27-14-13-20(15-19-7-5-4-6-8-19)26(28)22-16-24(31-2)25(32-3)17-23(22)27/h4-12,15-17H,13-14H2,1-3H3/b20-15+. The van der Waals surface area contributed by atoms with E-state index in [-0.39, 0.29) is 34.9 Å². The lowest BCUT2D eigenvalue weighted by Crippen LogP contribution is -2.32. The number of hydrogen-bond acceptors (Lipinski definition) is 5. The summed E-state index contributed by atoms with van der Waals surface area (Å²) in [5, 5.41) is 0. The van der Waals surface area contributed by atoms with Crippen LogP contribution in [-0.2, 0) is 10.0 Å². The number of anilines is 1. The van der Waals surface area contributed by atoms with Crippen molar-refractivity contribution in [2.45, 2.75) is 18.2 Å². The van der Waals surface area contributed by atoms with Gasteiger partial charge in [0.15, 0.2) is 17.3 Å². The summed E-state index contributed by atoms with van der Waals surface area (Å²) >= 11 is 0. The number of benzene rings is 3. The van der Waals surface area contributed by atoms with Gasteiger partial charge in [0.1, 0.15) is 0 Å². The number of sulfonamides is 1. The first-order valence-electron chi connectivity index (χ1n) is 10.5. The zero-order chi connectivity index (χ0) is 23.6. The van der Waals surface area contributed by atoms with E-state index in [1.807, 2.05) is 43.3 Å². The number of Topliss-reactive ketones (excluding diaryl/α,β-unsaturated/α-hetero) is 1. The van der Waals surface area contributed by atoms with Gasteiger partial charge in [0.2, 0.25) is 0 Å². The highest BCUT2D eigenvalue weighted by molar-refractivity contribution is 7.92. The van der Waals surface area contributed by atoms with Gasteiger partial charge in [0, 0.05) is 18.2 Å². The number of hydrogen-bond donors (Lipinski definition) is 0. The van der Waals surface area contributed by atoms with Gasteiger partial charge in [-0.05, 0) is 43.2 Å². The van der Waals surface area contributed by atoms with Gasteiger partial charge in [-0.15, -0.1) is 0 Å². The molecule has 0 aromatic heterocycles. The average molecular weight is 464 g/mol. The fraction of sp³-hybridized carbons (Fsp3) is 0.192. The summed E-state index contributed by atoms with van der Waals surface area (Å²) in [6.07, 6.45) is 2.07. The number of ether oxygens (including phenoxy) is 2. The number of fused-ring (bicyclic) bond motifs is 1. The lowest BCUT2D eigenvalue weighted by atomic mass is 9.98. The summed E-state index contributed by atoms with van der Waals surface area (Å²) in [4.78, 5) is 13.7. The van der Waals surface area contributed by atoms with Crippen molar-refractivity contribution in [1.82, 2.24) is 0 Å². The number of rotatable bonds is 5. The Hall–Kier alpha value is -3.58. The van der Waals surface area contributed by atoms with E-state index in [0.717, 1.165) is 11.1 Å². The molecule has 33 heavy (non-hydrogen) atoms. The molecule has 0 aliphatic carbocycles. The smallest absolute Gasteiger partial charge is 0.264 e. The van der Waals surface area contributed by atoms with Crippen LogP contribution in [0.5, 0.6) is 11.5 Å². The van der Waals surface area contributed by atoms with Gasteiger partial charge in [0.05, 0.1) is 30.4 Å². The number of carbonyl (C=O) groups excluding carboxylic acids is 1. The van der Waals surface area contributed by atoms with Crippen molar-refractivity contribution in [1.29, 1.82) is 0 Å². The van der Waals surface area contributed by atoms with Crippen LogP contribution in [0, 0.1) is 6.92 Å². The highest BCUT2D eigenvalue weighted by Crippen LogP contribution is 2.40. The lowest BCUT2D eigenvalue weighted by Gasteiger charge is -2.25. The molecule has 6 nitrogen and oxygen atoms in total. The molecule has 1 aliphatic rings. The van der Waals surface area contributed by atoms with Crippen LogP contribution in [0.15, 0.2) is 77.2 Å². The van der Waals surface area contributed by atoms with Crippen LogP contribution in [0.4, 0.5) is 5.69 Å². The van der Waals surface area contributed by atoms with Crippen LogP contribution < -0.4 is 13.8 Å². The molecule has 7 heteroatoms. The van der Waals surface area contributed by atoms with E-state index in [2.05, 4.69) is 0 Å². The van der Waals surface area contributed by atoms with E-state index in [1.165, 1.54) is 18.5 Å². The van der Waals surface area contributed by atoms with Crippen molar-refractivity contribution in [3.8, 4) is 11.5 Å². The van der Waals surface area contributed by atoms with E-state index in [0.29, 0.717) is 17.1 Å². The molecular weight excluding hydrogens is 438 g/mol. The summed E-state index contributed by atoms with van der Waals surface area (Å²) in [5.41, 5.74) is 2.88. The minimum Gasteiger partial charge on any atom is -0.493 e. The molecule has 0 saturated heterocycles. The first-order valence-corrected chi connectivity index (χ1v) is 11.9. The normalized spacial score (nSPS) is 15.2. The van der Waals surface area contributed by atoms with Gasteiger partial charge in [-0.2, -0.15) is 0 Å². The van der Waals surface area contributed by atoms with E-state index in [1.54, 1.807) is 36.4 Å². The molecular formula is C26H25NO5S. The summed E-state index contributed by atoms with van der Waals surface area (Å²) < 4.78 is 39.4. The fourth-order valence-electron chi connectivity index (χ4n) is 3.86. The van der Waals surface area contributed by atoms with Crippen LogP contribution in [0.1, 0.15) is 27.9 Å². The highest BCUT2D eigenvalue weighted by atomic mass is 32.2. The van der Waals surface area contributed by atoms with Crippen molar-refractivity contribution in [3.05, 3.63) is 89.0 Å². The Bertz CT molecular complexity index is 1310. The largest absolute Gasteiger partial charge is 0.493 e. The third-order valence-corrected chi connectivity index (χ3v) is 7.47. The molecule has 0 N–H and O–H groups in total. The third-order valence-electron chi connectivity index (χ3n) is 5.64. The van der Waals surface area contributed by atoms with E-state index < -0.39 is 10.0 Å². The minimum atomic E-state index is -3.92. The molecule has 4 rings (SSSR count). The summed E-state index contributed by atoms with van der Waals surface area (Å²) in [6, 6.07) is 19.3. The Morgan fingerprint density at radius 3 is 2.18 bits per heavy atom. The molecule has 0 unspecified atom stereocenters. The van der Waals surface area contributed by atoms with Gasteiger partial charge in [-0.1, -0.05) is 48.0 Å². The number of carbonyl (C=O) groups is 1. The number of nitrogens with zero attached hydrogens (tertiary/aromatic N) is 1. The van der Waals surface area contributed by atoms with Gasteiger partial charge >= 0.3 is 0 Å². The van der Waals surface area contributed by atoms with Gasteiger partial charge in [-0.3, -0.25) is 9.10 Å². The predicted octanol–water partition coefficient (Wildman–Crippen LogP) is 4.88. The second-order valence-corrected chi connectivity index (χ2v) is 9.64. The lowest BCUT2D eigenvalue weighted by molar-refractivity contribution is 0.103. The zero-order valence-corrected chi connectivity index (χ0v) is 19.6. The molecule has 0 saturated carbocycles. The Balaban J connectivity index is 1.90. The van der Waals surface area contributed by atoms with Crippen molar-refractivity contribution >= 4 is 27.6 Å². The fourth-order valence-corrected chi connectivity index (χ4v) is 5.34. The molecule has 0 radical (unpaired) electrons. The predicted molar refractivity (Wildman–Crippen MR) is 129 cm³/mol. The van der Waals surface area contributed by atoms with Crippen LogP contribution in [0.25, 0.3) is 6.08 Å². The monoisotopic (exact) mass is 463 g/mol. The molecule has 0 bridgehead atoms. The Morgan fingerprint density at radius 2 is 1.55 bits per heavy atom. The summed E-state index contributed by atoms with van der Waals surface area (Å²) in [7, 11) is -0.969. The SMILES string of the molecule is COc1cc2c(cc1OC)N(S(=O)(=O)c1ccc(C)cc1)CC/C(=C\c1ccccc1)C2=O. The average Bonchev–Trinajstić information content (AvgIpc) is 2.96. The molecule has 0 atom stereocenters. The quantitative estimate of drug-likeness (QED) is 0.505. The summed E-state index contributed by atoms with van der Waals surface area (Å²) in [5.74, 6) is 0.471. The maximum atomic E-state index is 13.7. The molecule has 170 valence electrons. The van der Waals surface area contributed by atoms with Crippen molar-refractivity contribution in [2.24, 2.45) is 0 Å². The van der Waals surface area contributed by atoms with Crippen molar-refractivity contribution in [3.63, 3.8) is 0 Å². The van der Waals surface area contributed by atoms with Crippen molar-refractivity contribution < 1.29 is 22.7 Å². The van der Waals surface area contributed by atoms with Crippen LogP contribution >= 0.6 is 0 Å². The molecule has 0 fully saturated rings. The first kappa shape index (κ1) is 22.6. The number of ketones is 1. The Kier molecular flexibility index (Phi) is 6.24. The molecule has 3 aromatic carbocycles. The topological polar surface area (TPSA) is 72.9 Å². The zero-order valence-electron chi connectivity index (χ0n) is 18.7. The van der Waals surface area contributed by atoms with Gasteiger partial charge < -0.3 is 9.47 Å². The second kappa shape index (κ2) is 9.11. The summed E-state index contributed by atoms with van der Waals surface area (Å²) in [6.45, 7) is 2.01. The maximum absolute atomic E-state index is 13.7. The molecule has 3 aromatic rings. The second-order valence-electron chi connectivity index (χ2n) is 7.77. The van der Waals surface area contributed by atoms with Gasteiger partial charge in [0.25, 0.3) is 10.0 Å². The Labute approximate surface area is 194 Å². The first-order chi connectivity index (χ1) is 15.8. The van der Waals surface area contributed by atoms with Crippen molar-refractivity contribution in [2.75, 3.05) is 25.1 Å². The third kappa shape index (κ3) is 4.36. The Morgan fingerprint density at radius 1 is 0.909 bits per heavy atom.